The van der Waals surface area contributed by atoms with Crippen molar-refractivity contribution in [2.24, 2.45) is 0 Å². The first-order chi connectivity index (χ1) is 9.42. The van der Waals surface area contributed by atoms with Crippen LogP contribution in [0.5, 0.6) is 0 Å². The zero-order chi connectivity index (χ0) is 14.8. The highest BCUT2D eigenvalue weighted by Crippen LogP contribution is 2.30. The number of ether oxygens (including phenoxy) is 1. The summed E-state index contributed by atoms with van der Waals surface area (Å²) in [5.74, 6) is -0.788. The van der Waals surface area contributed by atoms with Gasteiger partial charge in [-0.2, -0.15) is 13.2 Å². The molecule has 2 rings (SSSR count). The largest absolute Gasteiger partial charge is 0.451 e. The van der Waals surface area contributed by atoms with Gasteiger partial charge in [-0.05, 0) is 19.8 Å². The lowest BCUT2D eigenvalue weighted by Crippen LogP contribution is -2.40. The lowest BCUT2D eigenvalue weighted by Gasteiger charge is -2.35. The Hall–Kier alpha value is -1.57. The van der Waals surface area contributed by atoms with Gasteiger partial charge in [0.2, 0.25) is 5.82 Å². The maximum Gasteiger partial charge on any atom is 0.451 e. The third-order valence-corrected chi connectivity index (χ3v) is 3.12. The van der Waals surface area contributed by atoms with Gasteiger partial charge < -0.3 is 15.4 Å². The van der Waals surface area contributed by atoms with Crippen molar-refractivity contribution in [1.29, 1.82) is 0 Å². The van der Waals surface area contributed by atoms with Crippen molar-refractivity contribution in [2.45, 2.75) is 38.1 Å². The molecular weight excluding hydrogens is 273 g/mol. The van der Waals surface area contributed by atoms with Gasteiger partial charge in [0.05, 0.1) is 6.10 Å². The first-order valence-electron chi connectivity index (χ1n) is 6.42. The summed E-state index contributed by atoms with van der Waals surface area (Å²) in [6.07, 6.45) is -2.86. The van der Waals surface area contributed by atoms with Gasteiger partial charge in [-0.3, -0.25) is 0 Å². The van der Waals surface area contributed by atoms with E-state index in [9.17, 15) is 13.2 Å². The zero-order valence-corrected chi connectivity index (χ0v) is 11.3. The van der Waals surface area contributed by atoms with E-state index >= 15 is 0 Å². The molecule has 0 spiro atoms. The third-order valence-electron chi connectivity index (χ3n) is 3.12. The molecule has 0 atom stereocenters. The molecule has 112 valence electrons. The topological polar surface area (TPSA) is 59.1 Å². The van der Waals surface area contributed by atoms with Gasteiger partial charge in [-0.15, -0.1) is 0 Å². The van der Waals surface area contributed by atoms with Crippen molar-refractivity contribution in [3.63, 3.8) is 0 Å². The van der Waals surface area contributed by atoms with E-state index in [4.69, 9.17) is 4.74 Å². The van der Waals surface area contributed by atoms with Gasteiger partial charge in [0.15, 0.2) is 0 Å². The lowest BCUT2D eigenvalue weighted by atomic mass is 9.89. The molecule has 5 nitrogen and oxygen atoms in total. The second-order valence-electron chi connectivity index (χ2n) is 4.66. The minimum atomic E-state index is -4.56. The number of alkyl halides is 3. The highest BCUT2D eigenvalue weighted by atomic mass is 19.4. The van der Waals surface area contributed by atoms with Gasteiger partial charge in [-0.25, -0.2) is 9.97 Å². The molecule has 1 heterocycles. The van der Waals surface area contributed by atoms with Crippen LogP contribution in [0.1, 0.15) is 25.6 Å². The second kappa shape index (κ2) is 5.82. The molecule has 1 aromatic rings. The van der Waals surface area contributed by atoms with Crippen LogP contribution < -0.4 is 10.6 Å². The van der Waals surface area contributed by atoms with E-state index in [1.54, 1.807) is 14.0 Å². The smallest absolute Gasteiger partial charge is 0.381 e. The van der Waals surface area contributed by atoms with E-state index in [-0.39, 0.29) is 23.8 Å². The molecule has 2 N–H and O–H groups in total. The minimum Gasteiger partial charge on any atom is -0.381 e. The first kappa shape index (κ1) is 14.8. The zero-order valence-electron chi connectivity index (χ0n) is 11.3. The van der Waals surface area contributed by atoms with Crippen LogP contribution in [0.3, 0.4) is 0 Å². The number of anilines is 2. The van der Waals surface area contributed by atoms with Crippen LogP contribution in [0, 0.1) is 0 Å². The average Bonchev–Trinajstić information content (AvgIpc) is 2.32. The van der Waals surface area contributed by atoms with Crippen LogP contribution >= 0.6 is 0 Å². The minimum absolute atomic E-state index is 0.0883. The predicted molar refractivity (Wildman–Crippen MR) is 68.6 cm³/mol. The lowest BCUT2D eigenvalue weighted by molar-refractivity contribution is -0.144. The third kappa shape index (κ3) is 3.50. The molecule has 8 heteroatoms. The summed E-state index contributed by atoms with van der Waals surface area (Å²) >= 11 is 0. The number of nitrogens with zero attached hydrogens (tertiary/aromatic N) is 2. The Morgan fingerprint density at radius 1 is 1.30 bits per heavy atom. The van der Waals surface area contributed by atoms with Crippen molar-refractivity contribution in [1.82, 2.24) is 9.97 Å². The Balaban J connectivity index is 2.13. The molecule has 1 aliphatic carbocycles. The molecule has 1 saturated carbocycles. The van der Waals surface area contributed by atoms with Crippen molar-refractivity contribution >= 4 is 11.6 Å². The molecule has 1 fully saturated rings. The van der Waals surface area contributed by atoms with Crippen molar-refractivity contribution in [2.75, 3.05) is 24.3 Å². The fourth-order valence-electron chi connectivity index (χ4n) is 2.00. The van der Waals surface area contributed by atoms with E-state index in [1.807, 2.05) is 0 Å². The molecule has 0 aromatic carbocycles. The summed E-state index contributed by atoms with van der Waals surface area (Å²) < 4.78 is 43.3. The number of methoxy groups -OCH3 is 1. The monoisotopic (exact) mass is 290 g/mol. The van der Waals surface area contributed by atoms with Gasteiger partial charge in [0.25, 0.3) is 0 Å². The molecule has 0 bridgehead atoms. The standard InChI is InChI=1S/C12H17F3N4O/c1-3-16-9-6-10(17-7-4-8(5-7)20-2)19-11(18-9)12(13,14)15/h6-8H,3-5H2,1-2H3,(H2,16,17,18,19). The average molecular weight is 290 g/mol. The summed E-state index contributed by atoms with van der Waals surface area (Å²) in [5.41, 5.74) is 0. The van der Waals surface area contributed by atoms with Crippen LogP contribution in [0.4, 0.5) is 24.8 Å². The summed E-state index contributed by atoms with van der Waals surface area (Å²) in [7, 11) is 1.62. The van der Waals surface area contributed by atoms with Gasteiger partial charge in [-0.1, -0.05) is 0 Å². The van der Waals surface area contributed by atoms with Crippen molar-refractivity contribution in [3.05, 3.63) is 11.9 Å². The second-order valence-corrected chi connectivity index (χ2v) is 4.66. The summed E-state index contributed by atoms with van der Waals surface area (Å²) in [6.45, 7) is 2.28. The van der Waals surface area contributed by atoms with Crippen LogP contribution in [0.25, 0.3) is 0 Å². The Morgan fingerprint density at radius 2 is 1.95 bits per heavy atom. The Morgan fingerprint density at radius 3 is 2.50 bits per heavy atom. The van der Waals surface area contributed by atoms with E-state index < -0.39 is 12.0 Å². The number of rotatable bonds is 5. The first-order valence-corrected chi connectivity index (χ1v) is 6.42. The number of halogens is 3. The maximum atomic E-state index is 12.7. The Bertz CT molecular complexity index is 461. The fourth-order valence-corrected chi connectivity index (χ4v) is 2.00. The number of hydrogen-bond donors (Lipinski definition) is 2. The molecule has 0 aliphatic heterocycles. The Kier molecular flexibility index (Phi) is 4.32. The van der Waals surface area contributed by atoms with Gasteiger partial charge >= 0.3 is 6.18 Å². The van der Waals surface area contributed by atoms with Crippen molar-refractivity contribution in [3.8, 4) is 0 Å². The Labute approximate surface area is 114 Å². The van der Waals surface area contributed by atoms with Gasteiger partial charge in [0.1, 0.15) is 11.6 Å². The molecule has 1 aromatic heterocycles. The molecule has 0 unspecified atom stereocenters. The molecule has 0 amide bonds. The number of nitrogens with one attached hydrogen (secondary N) is 2. The summed E-state index contributed by atoms with van der Waals surface area (Å²) in [5, 5.41) is 5.76. The SMILES string of the molecule is CCNc1cc(NC2CC(OC)C2)nc(C(F)(F)F)n1. The van der Waals surface area contributed by atoms with Crippen LogP contribution in [-0.2, 0) is 10.9 Å². The van der Waals surface area contributed by atoms with E-state index in [0.29, 0.717) is 6.54 Å². The molecule has 0 radical (unpaired) electrons. The highest BCUT2D eigenvalue weighted by Gasteiger charge is 2.36. The maximum absolute atomic E-state index is 12.7. The normalized spacial score (nSPS) is 22.2. The quantitative estimate of drug-likeness (QED) is 0.872. The van der Waals surface area contributed by atoms with E-state index in [2.05, 4.69) is 20.6 Å². The molecular formula is C12H17F3N4O. The highest BCUT2D eigenvalue weighted by molar-refractivity contribution is 5.48. The van der Waals surface area contributed by atoms with E-state index in [0.717, 1.165) is 12.8 Å². The van der Waals surface area contributed by atoms with E-state index in [1.165, 1.54) is 6.07 Å². The number of hydrogen-bond acceptors (Lipinski definition) is 5. The fraction of sp³-hybridized carbons (Fsp3) is 0.667. The van der Waals surface area contributed by atoms with Crippen molar-refractivity contribution < 1.29 is 17.9 Å². The predicted octanol–water partition coefficient (Wildman–Crippen LogP) is 2.52. The number of aromatic nitrogens is 2. The van der Waals surface area contributed by atoms with Crippen LogP contribution in [0.15, 0.2) is 6.07 Å². The molecule has 1 aliphatic rings. The molecule has 0 saturated heterocycles. The van der Waals surface area contributed by atoms with Gasteiger partial charge in [0, 0.05) is 25.8 Å². The van der Waals surface area contributed by atoms with Crippen LogP contribution in [-0.4, -0.2) is 35.8 Å². The molecule has 20 heavy (non-hydrogen) atoms. The van der Waals surface area contributed by atoms with Crippen LogP contribution in [0.2, 0.25) is 0 Å². The summed E-state index contributed by atoms with van der Waals surface area (Å²) in [6, 6.07) is 1.57. The summed E-state index contributed by atoms with van der Waals surface area (Å²) in [4.78, 5) is 7.00.